The fourth-order valence-corrected chi connectivity index (χ4v) is 3.59. The van der Waals surface area contributed by atoms with Gasteiger partial charge in [0.05, 0.1) is 11.3 Å². The van der Waals surface area contributed by atoms with Crippen molar-refractivity contribution in [2.45, 2.75) is 29.5 Å². The van der Waals surface area contributed by atoms with E-state index >= 15 is 0 Å². The largest absolute Gasteiger partial charge is 0.363 e. The van der Waals surface area contributed by atoms with Gasteiger partial charge in [0.25, 0.3) is 0 Å². The van der Waals surface area contributed by atoms with Crippen LogP contribution in [0.3, 0.4) is 0 Å². The molecule has 0 unspecified atom stereocenters. The number of rotatable bonds is 6. The SMILES string of the molecule is CNc1nnc(S[C@@H](C)C(=O)N[C@H](C)c2ccc(F)cc2)s1. The lowest BCUT2D eigenvalue weighted by molar-refractivity contribution is -0.120. The summed E-state index contributed by atoms with van der Waals surface area (Å²) < 4.78 is 13.6. The summed E-state index contributed by atoms with van der Waals surface area (Å²) in [5.41, 5.74) is 0.861. The molecular formula is C14H17FN4OS2. The Morgan fingerprint density at radius 1 is 1.27 bits per heavy atom. The highest BCUT2D eigenvalue weighted by molar-refractivity contribution is 8.02. The summed E-state index contributed by atoms with van der Waals surface area (Å²) in [6, 6.07) is 5.93. The van der Waals surface area contributed by atoms with Crippen LogP contribution in [0.2, 0.25) is 0 Å². The summed E-state index contributed by atoms with van der Waals surface area (Å²) in [7, 11) is 1.77. The highest BCUT2D eigenvalue weighted by Crippen LogP contribution is 2.29. The molecule has 5 nitrogen and oxygen atoms in total. The van der Waals surface area contributed by atoms with E-state index in [2.05, 4.69) is 20.8 Å². The Bertz CT molecular complexity index is 632. The maximum absolute atomic E-state index is 12.9. The van der Waals surface area contributed by atoms with E-state index in [4.69, 9.17) is 0 Å². The van der Waals surface area contributed by atoms with Crippen molar-refractivity contribution in [3.63, 3.8) is 0 Å². The van der Waals surface area contributed by atoms with Crippen molar-refractivity contribution in [1.29, 1.82) is 0 Å². The first kappa shape index (κ1) is 16.7. The summed E-state index contributed by atoms with van der Waals surface area (Å²) in [6.07, 6.45) is 0. The average molecular weight is 340 g/mol. The predicted octanol–water partition coefficient (Wildman–Crippen LogP) is 3.08. The molecular weight excluding hydrogens is 323 g/mol. The molecule has 0 saturated carbocycles. The van der Waals surface area contributed by atoms with E-state index in [0.29, 0.717) is 0 Å². The molecule has 1 amide bonds. The molecule has 1 aromatic heterocycles. The summed E-state index contributed by atoms with van der Waals surface area (Å²) in [6.45, 7) is 3.68. The van der Waals surface area contributed by atoms with Crippen LogP contribution in [0.15, 0.2) is 28.6 Å². The molecule has 0 fully saturated rings. The smallest absolute Gasteiger partial charge is 0.233 e. The number of hydrogen-bond acceptors (Lipinski definition) is 6. The number of nitrogens with one attached hydrogen (secondary N) is 2. The highest BCUT2D eigenvalue weighted by atomic mass is 32.2. The average Bonchev–Trinajstić information content (AvgIpc) is 2.95. The summed E-state index contributed by atoms with van der Waals surface area (Å²) >= 11 is 2.76. The van der Waals surface area contributed by atoms with Crippen LogP contribution in [0.4, 0.5) is 9.52 Å². The van der Waals surface area contributed by atoms with E-state index in [1.165, 1.54) is 35.2 Å². The lowest BCUT2D eigenvalue weighted by atomic mass is 10.1. The molecule has 0 bridgehead atoms. The second-order valence-corrected chi connectivity index (χ2v) is 7.23. The summed E-state index contributed by atoms with van der Waals surface area (Å²) in [5, 5.41) is 14.2. The van der Waals surface area contributed by atoms with Crippen molar-refractivity contribution in [3.8, 4) is 0 Å². The van der Waals surface area contributed by atoms with Crippen LogP contribution < -0.4 is 10.6 Å². The van der Waals surface area contributed by atoms with E-state index in [-0.39, 0.29) is 23.0 Å². The number of nitrogens with zero attached hydrogens (tertiary/aromatic N) is 2. The van der Waals surface area contributed by atoms with Gasteiger partial charge >= 0.3 is 0 Å². The zero-order chi connectivity index (χ0) is 16.1. The first-order chi connectivity index (χ1) is 10.5. The number of thioether (sulfide) groups is 1. The minimum Gasteiger partial charge on any atom is -0.363 e. The molecule has 0 aliphatic rings. The molecule has 0 aliphatic heterocycles. The third-order valence-corrected chi connectivity index (χ3v) is 5.12. The van der Waals surface area contributed by atoms with Crippen molar-refractivity contribution in [1.82, 2.24) is 15.5 Å². The molecule has 22 heavy (non-hydrogen) atoms. The molecule has 2 rings (SSSR count). The number of benzene rings is 1. The monoisotopic (exact) mass is 340 g/mol. The first-order valence-electron chi connectivity index (χ1n) is 6.73. The molecule has 118 valence electrons. The number of hydrogen-bond donors (Lipinski definition) is 2. The number of halogens is 1. The van der Waals surface area contributed by atoms with Crippen molar-refractivity contribution in [3.05, 3.63) is 35.6 Å². The molecule has 2 N–H and O–H groups in total. The molecule has 8 heteroatoms. The van der Waals surface area contributed by atoms with Crippen LogP contribution in [0.1, 0.15) is 25.5 Å². The second kappa shape index (κ2) is 7.55. The number of aromatic nitrogens is 2. The van der Waals surface area contributed by atoms with Crippen molar-refractivity contribution in [2.75, 3.05) is 12.4 Å². The van der Waals surface area contributed by atoms with Gasteiger partial charge in [0.2, 0.25) is 11.0 Å². The Hall–Kier alpha value is -1.67. The van der Waals surface area contributed by atoms with E-state index in [1.54, 1.807) is 19.2 Å². The summed E-state index contributed by atoms with van der Waals surface area (Å²) in [4.78, 5) is 12.2. The summed E-state index contributed by atoms with van der Waals surface area (Å²) in [5.74, 6) is -0.383. The Morgan fingerprint density at radius 2 is 1.95 bits per heavy atom. The maximum atomic E-state index is 12.9. The predicted molar refractivity (Wildman–Crippen MR) is 87.7 cm³/mol. The van der Waals surface area contributed by atoms with Crippen molar-refractivity contribution < 1.29 is 9.18 Å². The molecule has 0 spiro atoms. The van der Waals surface area contributed by atoms with Crippen LogP contribution in [0, 0.1) is 5.82 Å². The fourth-order valence-electron chi connectivity index (χ4n) is 1.73. The van der Waals surface area contributed by atoms with E-state index in [1.807, 2.05) is 13.8 Å². The zero-order valence-electron chi connectivity index (χ0n) is 12.5. The molecule has 0 saturated heterocycles. The Kier molecular flexibility index (Phi) is 5.73. The Labute approximate surface area is 136 Å². The lowest BCUT2D eigenvalue weighted by Crippen LogP contribution is -2.33. The van der Waals surface area contributed by atoms with Gasteiger partial charge in [0.1, 0.15) is 5.82 Å². The van der Waals surface area contributed by atoms with E-state index in [0.717, 1.165) is 15.0 Å². The van der Waals surface area contributed by atoms with Gasteiger partial charge in [-0.15, -0.1) is 10.2 Å². The Balaban J connectivity index is 1.91. The van der Waals surface area contributed by atoms with Gasteiger partial charge < -0.3 is 10.6 Å². The highest BCUT2D eigenvalue weighted by Gasteiger charge is 2.19. The molecule has 2 aromatic rings. The van der Waals surface area contributed by atoms with E-state index < -0.39 is 0 Å². The third kappa shape index (κ3) is 4.41. The molecule has 0 radical (unpaired) electrons. The third-order valence-electron chi connectivity index (χ3n) is 3.00. The van der Waals surface area contributed by atoms with Crippen molar-refractivity contribution in [2.24, 2.45) is 0 Å². The van der Waals surface area contributed by atoms with Gasteiger partial charge in [-0.1, -0.05) is 35.2 Å². The number of carbonyl (C=O) groups excluding carboxylic acids is 1. The standard InChI is InChI=1S/C14H17FN4OS2/c1-8(10-4-6-11(15)7-5-10)17-12(20)9(2)21-14-19-18-13(16-3)22-14/h4-9H,1-3H3,(H,16,18)(H,17,20)/t8-,9+/m1/s1. The minimum absolute atomic E-state index is 0.0944. The van der Waals surface area contributed by atoms with Gasteiger partial charge in [-0.3, -0.25) is 4.79 Å². The van der Waals surface area contributed by atoms with Crippen LogP contribution >= 0.6 is 23.1 Å². The molecule has 1 aromatic carbocycles. The van der Waals surface area contributed by atoms with Crippen LogP contribution in [0.5, 0.6) is 0 Å². The van der Waals surface area contributed by atoms with Gasteiger partial charge in [-0.2, -0.15) is 0 Å². The van der Waals surface area contributed by atoms with Gasteiger partial charge in [0.15, 0.2) is 4.34 Å². The zero-order valence-corrected chi connectivity index (χ0v) is 14.1. The topological polar surface area (TPSA) is 66.9 Å². The fraction of sp³-hybridized carbons (Fsp3) is 0.357. The van der Waals surface area contributed by atoms with Crippen LogP contribution in [0.25, 0.3) is 0 Å². The second-order valence-electron chi connectivity index (χ2n) is 4.67. The van der Waals surface area contributed by atoms with E-state index in [9.17, 15) is 9.18 Å². The van der Waals surface area contributed by atoms with Gasteiger partial charge in [-0.25, -0.2) is 4.39 Å². The normalized spacial score (nSPS) is 13.5. The van der Waals surface area contributed by atoms with Gasteiger partial charge in [0, 0.05) is 7.05 Å². The number of anilines is 1. The number of amides is 1. The minimum atomic E-state index is -0.291. The quantitative estimate of drug-likeness (QED) is 0.791. The van der Waals surface area contributed by atoms with Crippen molar-refractivity contribution >= 4 is 34.1 Å². The molecule has 2 atom stereocenters. The van der Waals surface area contributed by atoms with Crippen LogP contribution in [-0.2, 0) is 4.79 Å². The Morgan fingerprint density at radius 3 is 2.55 bits per heavy atom. The molecule has 1 heterocycles. The number of carbonyl (C=O) groups is 1. The van der Waals surface area contributed by atoms with Gasteiger partial charge in [-0.05, 0) is 31.5 Å². The maximum Gasteiger partial charge on any atom is 0.233 e. The van der Waals surface area contributed by atoms with Crippen LogP contribution in [-0.4, -0.2) is 28.4 Å². The molecule has 0 aliphatic carbocycles. The first-order valence-corrected chi connectivity index (χ1v) is 8.43. The lowest BCUT2D eigenvalue weighted by Gasteiger charge is -2.17.